The van der Waals surface area contributed by atoms with E-state index in [1.807, 2.05) is 0 Å². The molecule has 0 aliphatic carbocycles. The zero-order valence-electron chi connectivity index (χ0n) is 11.3. The number of benzene rings is 2. The Hall–Kier alpha value is -2.02. The molecule has 1 aliphatic heterocycles. The maximum atomic E-state index is 13.0. The number of hydrogen-bond donors (Lipinski definition) is 0. The van der Waals surface area contributed by atoms with Crippen molar-refractivity contribution in [1.82, 2.24) is 0 Å². The summed E-state index contributed by atoms with van der Waals surface area (Å²) < 4.78 is 63.6. The molecule has 0 aromatic heterocycles. The first kappa shape index (κ1) is 14.9. The van der Waals surface area contributed by atoms with Crippen LogP contribution < -0.4 is 4.31 Å². The fourth-order valence-electron chi connectivity index (χ4n) is 2.69. The van der Waals surface area contributed by atoms with Crippen molar-refractivity contribution in [2.24, 2.45) is 0 Å². The summed E-state index contributed by atoms with van der Waals surface area (Å²) in [6.45, 7) is 0. The van der Waals surface area contributed by atoms with Crippen molar-refractivity contribution in [2.45, 2.75) is 18.0 Å². The van der Waals surface area contributed by atoms with E-state index in [0.29, 0.717) is 15.4 Å². The molecular weight excluding hydrogens is 315 g/mol. The Labute approximate surface area is 126 Å². The smallest absolute Gasteiger partial charge is 0.255 e. The van der Waals surface area contributed by atoms with Gasteiger partial charge in [0.2, 0.25) is 0 Å². The predicted octanol–water partition coefficient (Wildman–Crippen LogP) is 3.64. The number of rotatable bonds is 2. The van der Waals surface area contributed by atoms with Crippen LogP contribution in [0.4, 0.5) is 18.9 Å². The minimum atomic E-state index is -5.45. The topological polar surface area (TPSA) is 37.4 Å². The fourth-order valence-corrected chi connectivity index (χ4v) is 3.89. The molecule has 116 valence electrons. The lowest BCUT2D eigenvalue weighted by Crippen LogP contribution is -2.41. The van der Waals surface area contributed by atoms with Crippen LogP contribution >= 0.6 is 0 Å². The van der Waals surface area contributed by atoms with Crippen LogP contribution in [0.5, 0.6) is 0 Å². The Morgan fingerprint density at radius 1 is 0.955 bits per heavy atom. The Morgan fingerprint density at radius 2 is 1.55 bits per heavy atom. The highest BCUT2D eigenvalue weighted by molar-refractivity contribution is 7.93. The van der Waals surface area contributed by atoms with Gasteiger partial charge in [0.25, 0.3) is 0 Å². The van der Waals surface area contributed by atoms with E-state index in [4.69, 9.17) is 0 Å². The molecular formula is C15H12F3NO2S. The maximum Gasteiger partial charge on any atom is 0.516 e. The van der Waals surface area contributed by atoms with Crippen molar-refractivity contribution in [3.8, 4) is 0 Å². The summed E-state index contributed by atoms with van der Waals surface area (Å²) in [6.07, 6.45) is 0.218. The molecule has 1 unspecified atom stereocenters. The number of para-hydroxylation sites is 1. The minimum absolute atomic E-state index is 0.0914. The van der Waals surface area contributed by atoms with Gasteiger partial charge >= 0.3 is 15.5 Å². The zero-order chi connectivity index (χ0) is 16.0. The van der Waals surface area contributed by atoms with Gasteiger partial charge in [-0.1, -0.05) is 48.5 Å². The van der Waals surface area contributed by atoms with Crippen molar-refractivity contribution in [1.29, 1.82) is 0 Å². The normalized spacial score (nSPS) is 18.3. The number of anilines is 1. The molecule has 1 atom stereocenters. The van der Waals surface area contributed by atoms with Gasteiger partial charge in [-0.15, -0.1) is 0 Å². The van der Waals surface area contributed by atoms with E-state index in [0.717, 1.165) is 0 Å². The molecule has 0 saturated carbocycles. The van der Waals surface area contributed by atoms with E-state index in [1.54, 1.807) is 42.5 Å². The average molecular weight is 327 g/mol. The summed E-state index contributed by atoms with van der Waals surface area (Å²) in [5.74, 6) is 0. The number of hydrogen-bond acceptors (Lipinski definition) is 2. The Kier molecular flexibility index (Phi) is 3.40. The first-order chi connectivity index (χ1) is 10.3. The Morgan fingerprint density at radius 3 is 2.18 bits per heavy atom. The minimum Gasteiger partial charge on any atom is -0.255 e. The fraction of sp³-hybridized carbons (Fsp3) is 0.200. The van der Waals surface area contributed by atoms with Crippen LogP contribution in [0.2, 0.25) is 0 Å². The molecule has 0 spiro atoms. The van der Waals surface area contributed by atoms with E-state index in [-0.39, 0.29) is 12.1 Å². The standard InChI is InChI=1S/C15H12F3NO2S/c16-15(17,18)22(20,21)19-13-9-5-4-8-12(13)10-14(19)11-6-2-1-3-7-11/h1-9,14H,10H2. The van der Waals surface area contributed by atoms with Crippen LogP contribution in [-0.2, 0) is 16.4 Å². The Bertz CT molecular complexity index is 788. The summed E-state index contributed by atoms with van der Waals surface area (Å²) >= 11 is 0. The number of halogens is 3. The monoisotopic (exact) mass is 327 g/mol. The number of nitrogens with zero attached hydrogens (tertiary/aromatic N) is 1. The van der Waals surface area contributed by atoms with Crippen molar-refractivity contribution < 1.29 is 21.6 Å². The lowest BCUT2D eigenvalue weighted by Gasteiger charge is -2.28. The van der Waals surface area contributed by atoms with Gasteiger partial charge in [0, 0.05) is 6.42 Å². The molecule has 0 bridgehead atoms. The molecule has 2 aromatic rings. The van der Waals surface area contributed by atoms with Gasteiger partial charge in [-0.05, 0) is 17.2 Å². The van der Waals surface area contributed by atoms with Crippen molar-refractivity contribution in [3.05, 3.63) is 65.7 Å². The summed E-state index contributed by atoms with van der Waals surface area (Å²) in [5, 5.41) is 0. The number of fused-ring (bicyclic) bond motifs is 1. The predicted molar refractivity (Wildman–Crippen MR) is 76.8 cm³/mol. The number of alkyl halides is 3. The van der Waals surface area contributed by atoms with Crippen molar-refractivity contribution in [2.75, 3.05) is 4.31 Å². The molecule has 0 N–H and O–H groups in total. The van der Waals surface area contributed by atoms with Crippen LogP contribution in [0.3, 0.4) is 0 Å². The van der Waals surface area contributed by atoms with Crippen LogP contribution in [0.25, 0.3) is 0 Å². The van der Waals surface area contributed by atoms with Crippen LogP contribution in [0.15, 0.2) is 54.6 Å². The van der Waals surface area contributed by atoms with Crippen molar-refractivity contribution >= 4 is 15.7 Å². The third-order valence-electron chi connectivity index (χ3n) is 3.66. The van der Waals surface area contributed by atoms with E-state index < -0.39 is 21.6 Å². The third kappa shape index (κ3) is 2.25. The molecule has 3 rings (SSSR count). The molecule has 0 fully saturated rings. The van der Waals surface area contributed by atoms with Gasteiger partial charge in [-0.25, -0.2) is 0 Å². The van der Waals surface area contributed by atoms with Crippen molar-refractivity contribution in [3.63, 3.8) is 0 Å². The average Bonchev–Trinajstić information content (AvgIpc) is 2.87. The first-order valence-electron chi connectivity index (χ1n) is 6.56. The number of sulfonamides is 1. The highest BCUT2D eigenvalue weighted by Gasteiger charge is 2.54. The molecule has 0 radical (unpaired) electrons. The van der Waals surface area contributed by atoms with E-state index in [9.17, 15) is 21.6 Å². The van der Waals surface area contributed by atoms with Gasteiger partial charge in [-0.3, -0.25) is 4.31 Å². The van der Waals surface area contributed by atoms with E-state index >= 15 is 0 Å². The maximum absolute atomic E-state index is 13.0. The summed E-state index contributed by atoms with van der Waals surface area (Å²) in [4.78, 5) is 0. The van der Waals surface area contributed by atoms with E-state index in [1.165, 1.54) is 12.1 Å². The van der Waals surface area contributed by atoms with Crippen LogP contribution in [-0.4, -0.2) is 13.9 Å². The second-order valence-electron chi connectivity index (χ2n) is 5.01. The molecule has 1 heterocycles. The highest BCUT2D eigenvalue weighted by atomic mass is 32.2. The van der Waals surface area contributed by atoms with Gasteiger partial charge in [0.15, 0.2) is 0 Å². The second-order valence-corrected chi connectivity index (χ2v) is 6.81. The SMILES string of the molecule is O=S(=O)(N1c2ccccc2CC1c1ccccc1)C(F)(F)F. The molecule has 3 nitrogen and oxygen atoms in total. The van der Waals surface area contributed by atoms with Gasteiger partial charge in [-0.2, -0.15) is 21.6 Å². The summed E-state index contributed by atoms with van der Waals surface area (Å²) in [6, 6.07) is 13.7. The molecule has 0 saturated heterocycles. The molecule has 1 aliphatic rings. The lowest BCUT2D eigenvalue weighted by molar-refractivity contribution is -0.0440. The molecule has 0 amide bonds. The van der Waals surface area contributed by atoms with Gasteiger partial charge < -0.3 is 0 Å². The highest BCUT2D eigenvalue weighted by Crippen LogP contribution is 2.45. The van der Waals surface area contributed by atoms with Crippen LogP contribution in [0, 0.1) is 0 Å². The largest absolute Gasteiger partial charge is 0.516 e. The van der Waals surface area contributed by atoms with E-state index in [2.05, 4.69) is 0 Å². The first-order valence-corrected chi connectivity index (χ1v) is 8.00. The lowest BCUT2D eigenvalue weighted by atomic mass is 10.0. The molecule has 7 heteroatoms. The summed E-state index contributed by atoms with van der Waals surface area (Å²) in [5.41, 5.74) is -4.12. The second kappa shape index (κ2) is 5.01. The Balaban J connectivity index is 2.17. The molecule has 2 aromatic carbocycles. The van der Waals surface area contributed by atoms with Gasteiger partial charge in [0.1, 0.15) is 0 Å². The van der Waals surface area contributed by atoms with Crippen LogP contribution in [0.1, 0.15) is 17.2 Å². The quantitative estimate of drug-likeness (QED) is 0.844. The molecule has 22 heavy (non-hydrogen) atoms. The summed E-state index contributed by atoms with van der Waals surface area (Å²) in [7, 11) is -5.45. The zero-order valence-corrected chi connectivity index (χ0v) is 12.1. The van der Waals surface area contributed by atoms with Gasteiger partial charge in [0.05, 0.1) is 11.7 Å². The third-order valence-corrected chi connectivity index (χ3v) is 5.22.